The molecule has 4 heteroatoms. The fraction of sp³-hybridized carbons (Fsp3) is 0. The Morgan fingerprint density at radius 2 is 1.50 bits per heavy atom. The average molecular weight is 187 g/mol. The molecule has 0 spiro atoms. The number of nitrogens with one attached hydrogen (secondary N) is 2. The molecule has 2 rings (SSSR count). The van der Waals surface area contributed by atoms with E-state index in [1.807, 2.05) is 35.2 Å². The van der Waals surface area contributed by atoms with Crippen molar-refractivity contribution in [2.24, 2.45) is 0 Å². The normalized spacial score (nSPS) is 8.57. The smallest absolute Gasteiger partial charge is 0.211 e. The number of nitrogen functional groups attached to an aromatic ring is 1. The highest BCUT2D eigenvalue weighted by molar-refractivity contribution is 5.92. The van der Waals surface area contributed by atoms with Crippen molar-refractivity contribution in [2.45, 2.75) is 0 Å². The van der Waals surface area contributed by atoms with Crippen LogP contribution >= 0.6 is 0 Å². The van der Waals surface area contributed by atoms with E-state index in [0.717, 1.165) is 11.1 Å². The Kier molecular flexibility index (Phi) is 3.35. The third-order valence-electron chi connectivity index (χ3n) is 1.82. The summed E-state index contributed by atoms with van der Waals surface area (Å²) in [5.41, 5.74) is 17.6. The topological polar surface area (TPSA) is 87.8 Å². The third kappa shape index (κ3) is 2.15. The van der Waals surface area contributed by atoms with Crippen molar-refractivity contribution in [3.8, 4) is 0 Å². The second-order valence-electron chi connectivity index (χ2n) is 2.68. The van der Waals surface area contributed by atoms with E-state index in [-0.39, 0.29) is 0 Å². The molecule has 0 saturated carbocycles. The summed E-state index contributed by atoms with van der Waals surface area (Å²) < 4.78 is 0. The van der Waals surface area contributed by atoms with Crippen molar-refractivity contribution in [2.75, 3.05) is 5.73 Å². The van der Waals surface area contributed by atoms with Gasteiger partial charge in [0.2, 0.25) is 4.91 Å². The molecule has 0 aliphatic rings. The lowest BCUT2D eigenvalue weighted by atomic mass is 10.1. The molecule has 4 N–H and O–H groups in total. The van der Waals surface area contributed by atoms with Crippen molar-refractivity contribution >= 4 is 16.5 Å². The van der Waals surface area contributed by atoms with Crippen molar-refractivity contribution in [1.29, 1.82) is 11.1 Å². The standard InChI is InChI=1S/C10H9N.H2N3/c11-10-7-3-5-8-4-1-2-6-9(8)10;1-3-2/h1-7H,11H2;1-2H/q;+1. The average Bonchev–Trinajstić information content (AvgIpc) is 2.20. The molecule has 0 amide bonds. The van der Waals surface area contributed by atoms with Crippen LogP contribution in [0.4, 0.5) is 5.69 Å². The van der Waals surface area contributed by atoms with Crippen molar-refractivity contribution < 1.29 is 0 Å². The van der Waals surface area contributed by atoms with Gasteiger partial charge >= 0.3 is 0 Å². The van der Waals surface area contributed by atoms with E-state index in [2.05, 4.69) is 12.1 Å². The van der Waals surface area contributed by atoms with Gasteiger partial charge in [0.15, 0.2) is 0 Å². The van der Waals surface area contributed by atoms with Gasteiger partial charge in [-0.05, 0) is 11.5 Å². The Morgan fingerprint density at radius 1 is 0.929 bits per heavy atom. The van der Waals surface area contributed by atoms with Crippen LogP contribution in [0.1, 0.15) is 0 Å². The van der Waals surface area contributed by atoms with Crippen LogP contribution in [0.5, 0.6) is 0 Å². The number of fused-ring (bicyclic) bond motifs is 1. The lowest BCUT2D eigenvalue weighted by Gasteiger charge is -1.98. The molecule has 4 nitrogen and oxygen atoms in total. The van der Waals surface area contributed by atoms with Gasteiger partial charge in [-0.2, -0.15) is 0 Å². The number of benzene rings is 2. The second kappa shape index (κ2) is 4.74. The summed E-state index contributed by atoms with van der Waals surface area (Å²) in [5.74, 6) is 0. The van der Waals surface area contributed by atoms with Crippen LogP contribution in [0, 0.1) is 11.1 Å². The van der Waals surface area contributed by atoms with Gasteiger partial charge in [0.05, 0.1) is 0 Å². The maximum atomic E-state index is 5.76. The monoisotopic (exact) mass is 187 g/mol. The molecule has 0 unspecified atom stereocenters. The summed E-state index contributed by atoms with van der Waals surface area (Å²) in [4.78, 5) is 2.00. The fourth-order valence-electron chi connectivity index (χ4n) is 1.25. The fourth-order valence-corrected chi connectivity index (χ4v) is 1.25. The predicted molar refractivity (Wildman–Crippen MR) is 55.9 cm³/mol. The molecule has 0 aliphatic carbocycles. The van der Waals surface area contributed by atoms with Crippen LogP contribution in [0.3, 0.4) is 0 Å². The Bertz CT molecular complexity index is 453. The highest BCUT2D eigenvalue weighted by atomic mass is 15.0. The molecule has 0 atom stereocenters. The Morgan fingerprint density at radius 3 is 2.14 bits per heavy atom. The van der Waals surface area contributed by atoms with E-state index < -0.39 is 0 Å². The summed E-state index contributed by atoms with van der Waals surface area (Å²) in [6.45, 7) is 0. The quantitative estimate of drug-likeness (QED) is 0.330. The molecule has 0 fully saturated rings. The van der Waals surface area contributed by atoms with Crippen LogP contribution in [0.15, 0.2) is 42.5 Å². The van der Waals surface area contributed by atoms with Crippen LogP contribution < -0.4 is 10.6 Å². The predicted octanol–water partition coefficient (Wildman–Crippen LogP) is 2.54. The molecule has 0 radical (unpaired) electrons. The minimum atomic E-state index is 0.850. The number of nitrogens with zero attached hydrogens (tertiary/aromatic N) is 1. The zero-order valence-electron chi connectivity index (χ0n) is 7.57. The van der Waals surface area contributed by atoms with E-state index in [1.54, 1.807) is 0 Å². The van der Waals surface area contributed by atoms with Gasteiger partial charge in [-0.25, -0.2) is 0 Å². The van der Waals surface area contributed by atoms with Gasteiger partial charge < -0.3 is 5.73 Å². The maximum Gasteiger partial charge on any atom is 0.211 e. The zero-order valence-corrected chi connectivity index (χ0v) is 7.57. The minimum absolute atomic E-state index is 0.850. The highest BCUT2D eigenvalue weighted by Crippen LogP contribution is 2.19. The molecule has 70 valence electrons. The highest BCUT2D eigenvalue weighted by Gasteiger charge is 1.92. The molecule has 0 saturated heterocycles. The van der Waals surface area contributed by atoms with Crippen LogP contribution in [0.25, 0.3) is 10.8 Å². The van der Waals surface area contributed by atoms with E-state index in [9.17, 15) is 0 Å². The molecule has 0 heterocycles. The summed E-state index contributed by atoms with van der Waals surface area (Å²) in [7, 11) is 0. The summed E-state index contributed by atoms with van der Waals surface area (Å²) >= 11 is 0. The van der Waals surface area contributed by atoms with Crippen LogP contribution in [-0.2, 0) is 0 Å². The molecule has 2 aromatic rings. The summed E-state index contributed by atoms with van der Waals surface area (Å²) in [5, 5.41) is 2.34. The van der Waals surface area contributed by atoms with Gasteiger partial charge in [-0.15, -0.1) is 0 Å². The molecule has 0 aromatic heterocycles. The lowest BCUT2D eigenvalue weighted by Crippen LogP contribution is -1.84. The van der Waals surface area contributed by atoms with E-state index >= 15 is 0 Å². The van der Waals surface area contributed by atoms with Crippen molar-refractivity contribution in [3.63, 3.8) is 0 Å². The van der Waals surface area contributed by atoms with Gasteiger partial charge in [0, 0.05) is 11.1 Å². The van der Waals surface area contributed by atoms with Crippen molar-refractivity contribution in [3.05, 3.63) is 42.5 Å². The molecule has 0 aliphatic heterocycles. The molecular weight excluding hydrogens is 176 g/mol. The molecule has 0 bridgehead atoms. The van der Waals surface area contributed by atoms with Crippen LogP contribution in [-0.4, -0.2) is 0 Å². The van der Waals surface area contributed by atoms with Gasteiger partial charge in [0.1, 0.15) is 11.1 Å². The first kappa shape index (κ1) is 9.89. The SMILES string of the molecule is N=[N+]=N.Nc1cccc2ccccc12. The van der Waals surface area contributed by atoms with Gasteiger partial charge in [-0.1, -0.05) is 36.4 Å². The zero-order chi connectivity index (χ0) is 10.4. The van der Waals surface area contributed by atoms with E-state index in [4.69, 9.17) is 16.8 Å². The molecular formula is C10H11N4+. The summed E-state index contributed by atoms with van der Waals surface area (Å²) in [6.07, 6.45) is 0. The van der Waals surface area contributed by atoms with Crippen LogP contribution in [0.2, 0.25) is 0 Å². The van der Waals surface area contributed by atoms with Gasteiger partial charge in [-0.3, -0.25) is 0 Å². The third-order valence-corrected chi connectivity index (χ3v) is 1.82. The first-order chi connectivity index (χ1) is 6.79. The number of rotatable bonds is 0. The van der Waals surface area contributed by atoms with E-state index in [1.165, 1.54) is 5.39 Å². The maximum absolute atomic E-state index is 5.76. The Labute approximate surface area is 81.4 Å². The van der Waals surface area contributed by atoms with E-state index in [0.29, 0.717) is 0 Å². The first-order valence-corrected chi connectivity index (χ1v) is 4.06. The Balaban J connectivity index is 0.000000293. The second-order valence-corrected chi connectivity index (χ2v) is 2.68. The number of nitrogens with two attached hydrogens (primary N) is 1. The largest absolute Gasteiger partial charge is 0.398 e. The number of hydrogen-bond acceptors (Lipinski definition) is 3. The minimum Gasteiger partial charge on any atom is -0.398 e. The molecule has 2 aromatic carbocycles. The number of anilines is 1. The molecule has 14 heavy (non-hydrogen) atoms. The first-order valence-electron chi connectivity index (χ1n) is 4.06. The van der Waals surface area contributed by atoms with Crippen molar-refractivity contribution in [1.82, 2.24) is 4.91 Å². The Hall–Kier alpha value is -2.19. The number of hydrogen-bond donors (Lipinski definition) is 3. The lowest BCUT2D eigenvalue weighted by molar-refractivity contribution is 0.928. The van der Waals surface area contributed by atoms with Gasteiger partial charge in [0.25, 0.3) is 0 Å². The summed E-state index contributed by atoms with van der Waals surface area (Å²) in [6, 6.07) is 14.1.